The third-order valence-corrected chi connectivity index (χ3v) is 8.20. The molecule has 2 unspecified atom stereocenters. The number of hydrogen-bond acceptors (Lipinski definition) is 7. The summed E-state index contributed by atoms with van der Waals surface area (Å²) in [5.74, 6) is -0.797. The molecule has 1 heterocycles. The van der Waals surface area contributed by atoms with E-state index in [1.165, 1.54) is 4.90 Å². The first-order valence-electron chi connectivity index (χ1n) is 14.5. The molecule has 0 bridgehead atoms. The summed E-state index contributed by atoms with van der Waals surface area (Å²) in [4.78, 5) is 52.8. The van der Waals surface area contributed by atoms with Crippen LogP contribution >= 0.6 is 0 Å². The SMILES string of the molecule is CCC(C)(C)C(=O)C(=O)N1CCCCC1C(=O)CC(CCc1ccc(OC)c(OC)c1)c1cccc(OCC(=O)O)c1. The standard InChI is InChI=1S/C33H43NO8/c1-6-33(2,3)31(38)32(39)34-17-8-7-12-26(34)27(35)20-24(23-10-9-11-25(19-23)42-21-30(36)37)15-13-22-14-16-28(40-4)29(18-22)41-5/h9-11,14,16,18-19,24,26H,6-8,12-13,15,17,20-21H2,1-5H3,(H,36,37). The first-order chi connectivity index (χ1) is 20.0. The third kappa shape index (κ3) is 8.33. The summed E-state index contributed by atoms with van der Waals surface area (Å²) in [7, 11) is 3.16. The van der Waals surface area contributed by atoms with Gasteiger partial charge in [0.25, 0.3) is 5.91 Å². The fraction of sp³-hybridized carbons (Fsp3) is 0.515. The van der Waals surface area contributed by atoms with Crippen molar-refractivity contribution in [1.82, 2.24) is 4.90 Å². The highest BCUT2D eigenvalue weighted by atomic mass is 16.5. The molecule has 1 amide bonds. The molecule has 0 spiro atoms. The molecule has 1 aliphatic rings. The number of rotatable bonds is 15. The van der Waals surface area contributed by atoms with Gasteiger partial charge in [0.15, 0.2) is 23.9 Å². The molecule has 1 fully saturated rings. The van der Waals surface area contributed by atoms with E-state index in [2.05, 4.69) is 0 Å². The van der Waals surface area contributed by atoms with E-state index in [1.54, 1.807) is 46.3 Å². The van der Waals surface area contributed by atoms with Crippen LogP contribution in [0, 0.1) is 5.41 Å². The van der Waals surface area contributed by atoms with Crippen LogP contribution in [0.25, 0.3) is 0 Å². The molecule has 2 atom stereocenters. The van der Waals surface area contributed by atoms with E-state index in [-0.39, 0.29) is 18.1 Å². The minimum atomic E-state index is -1.08. The van der Waals surface area contributed by atoms with Gasteiger partial charge in [-0.15, -0.1) is 0 Å². The monoisotopic (exact) mass is 581 g/mol. The van der Waals surface area contributed by atoms with Gasteiger partial charge in [0, 0.05) is 18.4 Å². The van der Waals surface area contributed by atoms with Gasteiger partial charge in [0.05, 0.1) is 20.3 Å². The number of ketones is 2. The molecule has 1 aliphatic heterocycles. The molecule has 2 aromatic rings. The van der Waals surface area contributed by atoms with Gasteiger partial charge in [-0.25, -0.2) is 4.79 Å². The van der Waals surface area contributed by atoms with Crippen LogP contribution in [-0.4, -0.2) is 66.9 Å². The zero-order chi connectivity index (χ0) is 30.9. The Kier molecular flexibility index (Phi) is 11.5. The summed E-state index contributed by atoms with van der Waals surface area (Å²) in [5, 5.41) is 9.04. The number of carbonyl (C=O) groups is 4. The Bertz CT molecular complexity index is 1270. The lowest BCUT2D eigenvalue weighted by molar-refractivity contribution is -0.153. The Morgan fingerprint density at radius 1 is 1.02 bits per heavy atom. The number of carboxylic acid groups (broad SMARTS) is 1. The average molecular weight is 582 g/mol. The van der Waals surface area contributed by atoms with Crippen molar-refractivity contribution in [1.29, 1.82) is 0 Å². The van der Waals surface area contributed by atoms with Crippen LogP contribution in [0.4, 0.5) is 0 Å². The Morgan fingerprint density at radius 3 is 2.43 bits per heavy atom. The number of carbonyl (C=O) groups excluding carboxylic acids is 3. The highest BCUT2D eigenvalue weighted by Crippen LogP contribution is 2.33. The number of methoxy groups -OCH3 is 2. The topological polar surface area (TPSA) is 119 Å². The van der Waals surface area contributed by atoms with Crippen molar-refractivity contribution in [3.63, 3.8) is 0 Å². The summed E-state index contributed by atoms with van der Waals surface area (Å²) in [5.41, 5.74) is 1.05. The molecule has 42 heavy (non-hydrogen) atoms. The van der Waals surface area contributed by atoms with Gasteiger partial charge in [-0.05, 0) is 79.8 Å². The maximum Gasteiger partial charge on any atom is 0.341 e. The lowest BCUT2D eigenvalue weighted by Gasteiger charge is -2.36. The largest absolute Gasteiger partial charge is 0.493 e. The second-order valence-electron chi connectivity index (χ2n) is 11.4. The molecular weight excluding hydrogens is 538 g/mol. The molecule has 2 aromatic carbocycles. The third-order valence-electron chi connectivity index (χ3n) is 8.20. The van der Waals surface area contributed by atoms with Crippen LogP contribution < -0.4 is 14.2 Å². The van der Waals surface area contributed by atoms with Crippen LogP contribution in [0.3, 0.4) is 0 Å². The van der Waals surface area contributed by atoms with Crippen molar-refractivity contribution >= 4 is 23.4 Å². The Hall–Kier alpha value is -3.88. The number of carboxylic acids is 1. The van der Waals surface area contributed by atoms with Crippen LogP contribution in [0.1, 0.15) is 76.3 Å². The van der Waals surface area contributed by atoms with Crippen molar-refractivity contribution in [2.45, 2.75) is 77.7 Å². The van der Waals surface area contributed by atoms with Crippen molar-refractivity contribution in [3.8, 4) is 17.2 Å². The summed E-state index contributed by atoms with van der Waals surface area (Å²) < 4.78 is 16.2. The van der Waals surface area contributed by atoms with Gasteiger partial charge in [-0.3, -0.25) is 14.4 Å². The normalized spacial score (nSPS) is 15.9. The second-order valence-corrected chi connectivity index (χ2v) is 11.4. The molecule has 0 radical (unpaired) electrons. The summed E-state index contributed by atoms with van der Waals surface area (Å²) in [6.45, 7) is 5.31. The van der Waals surface area contributed by atoms with E-state index in [9.17, 15) is 19.2 Å². The number of aryl methyl sites for hydroxylation is 1. The van der Waals surface area contributed by atoms with E-state index in [4.69, 9.17) is 19.3 Å². The van der Waals surface area contributed by atoms with Crippen LogP contribution in [0.2, 0.25) is 0 Å². The number of Topliss-reactive ketones (excluding diaryl/α,β-unsaturated/α-hetero) is 2. The average Bonchev–Trinajstić information content (AvgIpc) is 3.01. The van der Waals surface area contributed by atoms with Gasteiger partial charge in [-0.2, -0.15) is 0 Å². The van der Waals surface area contributed by atoms with E-state index >= 15 is 0 Å². The highest BCUT2D eigenvalue weighted by Gasteiger charge is 2.40. The maximum atomic E-state index is 13.9. The van der Waals surface area contributed by atoms with Gasteiger partial charge < -0.3 is 24.2 Å². The number of amides is 1. The number of hydrogen-bond donors (Lipinski definition) is 1. The van der Waals surface area contributed by atoms with Crippen molar-refractivity contribution in [3.05, 3.63) is 53.6 Å². The van der Waals surface area contributed by atoms with Crippen molar-refractivity contribution < 1.29 is 38.5 Å². The quantitative estimate of drug-likeness (QED) is 0.284. The number of likely N-dealkylation sites (tertiary alicyclic amines) is 1. The molecule has 9 heteroatoms. The van der Waals surface area contributed by atoms with E-state index in [0.717, 1.165) is 24.0 Å². The van der Waals surface area contributed by atoms with Crippen LogP contribution in [0.5, 0.6) is 17.2 Å². The molecule has 1 N–H and O–H groups in total. The molecule has 1 saturated heterocycles. The predicted molar refractivity (Wildman–Crippen MR) is 158 cm³/mol. The maximum absolute atomic E-state index is 13.9. The number of aliphatic carboxylic acids is 1. The lowest BCUT2D eigenvalue weighted by atomic mass is 9.82. The van der Waals surface area contributed by atoms with Gasteiger partial charge in [0.1, 0.15) is 5.75 Å². The Labute approximate surface area is 248 Å². The van der Waals surface area contributed by atoms with Crippen molar-refractivity contribution in [2.75, 3.05) is 27.4 Å². The van der Waals surface area contributed by atoms with Gasteiger partial charge in [0.2, 0.25) is 5.78 Å². The van der Waals surface area contributed by atoms with E-state index in [1.807, 2.05) is 31.2 Å². The minimum Gasteiger partial charge on any atom is -0.493 e. The second kappa shape index (κ2) is 14.8. The number of nitrogens with zero attached hydrogens (tertiary/aromatic N) is 1. The van der Waals surface area contributed by atoms with Crippen molar-refractivity contribution in [2.24, 2.45) is 5.41 Å². The molecule has 0 aromatic heterocycles. The summed E-state index contributed by atoms with van der Waals surface area (Å²) >= 11 is 0. The molecule has 0 saturated carbocycles. The van der Waals surface area contributed by atoms with Gasteiger partial charge in [-0.1, -0.05) is 39.0 Å². The molecular formula is C33H43NO8. The highest BCUT2D eigenvalue weighted by molar-refractivity contribution is 6.38. The Morgan fingerprint density at radius 2 is 1.76 bits per heavy atom. The number of benzene rings is 2. The first-order valence-corrected chi connectivity index (χ1v) is 14.5. The fourth-order valence-electron chi connectivity index (χ4n) is 5.24. The van der Waals surface area contributed by atoms with Crippen LogP contribution in [0.15, 0.2) is 42.5 Å². The minimum absolute atomic E-state index is 0.0840. The number of piperidine rings is 1. The first kappa shape index (κ1) is 32.6. The lowest BCUT2D eigenvalue weighted by Crippen LogP contribution is -2.52. The smallest absolute Gasteiger partial charge is 0.341 e. The van der Waals surface area contributed by atoms with Crippen LogP contribution in [-0.2, 0) is 25.6 Å². The van der Waals surface area contributed by atoms with Gasteiger partial charge >= 0.3 is 5.97 Å². The summed E-state index contributed by atoms with van der Waals surface area (Å²) in [6, 6.07) is 12.2. The molecule has 3 rings (SSSR count). The molecule has 0 aliphatic carbocycles. The zero-order valence-electron chi connectivity index (χ0n) is 25.3. The zero-order valence-corrected chi connectivity index (χ0v) is 25.3. The Balaban J connectivity index is 1.87. The fourth-order valence-corrected chi connectivity index (χ4v) is 5.24. The predicted octanol–water partition coefficient (Wildman–Crippen LogP) is 5.23. The molecule has 9 nitrogen and oxygen atoms in total. The number of ether oxygens (including phenoxy) is 3. The van der Waals surface area contributed by atoms with E-state index < -0.39 is 35.7 Å². The molecule has 228 valence electrons. The van der Waals surface area contributed by atoms with E-state index in [0.29, 0.717) is 49.5 Å². The summed E-state index contributed by atoms with van der Waals surface area (Å²) in [6.07, 6.45) is 4.01.